The highest BCUT2D eigenvalue weighted by Gasteiger charge is 2.11. The van der Waals surface area contributed by atoms with Crippen LogP contribution in [0.15, 0.2) is 156 Å². The molecule has 0 saturated carbocycles. The first-order valence-corrected chi connectivity index (χ1v) is 20.3. The molecule has 0 spiro atoms. The Labute approximate surface area is 331 Å². The second kappa shape index (κ2) is 17.5. The fraction of sp³-hybridized carbons (Fsp3) is 0.240. The van der Waals surface area contributed by atoms with Crippen molar-refractivity contribution in [3.05, 3.63) is 157 Å². The topological polar surface area (TPSA) is 41.1 Å². The lowest BCUT2D eigenvalue weighted by molar-refractivity contribution is 0.564. The van der Waals surface area contributed by atoms with Gasteiger partial charge in [0.05, 0.1) is 23.8 Å². The minimum absolute atomic E-state index is 0.905. The SMILES string of the molecule is Cn1c2ccccc2c2cc(/C=N/N(CCCCCCCCCCN(/N=C/c3ccc4c(c3)c3ccccc3n4C)c3ccccc3)c3ccccc3)ccc21. The van der Waals surface area contributed by atoms with E-state index in [4.69, 9.17) is 10.2 Å². The van der Waals surface area contributed by atoms with E-state index in [2.05, 4.69) is 179 Å². The third kappa shape index (κ3) is 8.25. The Morgan fingerprint density at radius 1 is 0.393 bits per heavy atom. The number of aromatic nitrogens is 2. The molecule has 0 fully saturated rings. The average Bonchev–Trinajstić information content (AvgIpc) is 3.70. The van der Waals surface area contributed by atoms with Crippen LogP contribution < -0.4 is 10.0 Å². The Morgan fingerprint density at radius 3 is 1.18 bits per heavy atom. The quantitative estimate of drug-likeness (QED) is 0.0530. The summed E-state index contributed by atoms with van der Waals surface area (Å²) in [5.74, 6) is 0. The molecule has 0 bridgehead atoms. The number of hydrazone groups is 2. The molecular weight excluding hydrogens is 685 g/mol. The van der Waals surface area contributed by atoms with Gasteiger partial charge in [-0.15, -0.1) is 0 Å². The normalized spacial score (nSPS) is 12.0. The smallest absolute Gasteiger partial charge is 0.0593 e. The summed E-state index contributed by atoms with van der Waals surface area (Å²) in [6.45, 7) is 1.81. The van der Waals surface area contributed by atoms with Crippen LogP contribution in [0.1, 0.15) is 62.5 Å². The number of anilines is 2. The van der Waals surface area contributed by atoms with Crippen molar-refractivity contribution in [2.75, 3.05) is 23.1 Å². The van der Waals surface area contributed by atoms with Crippen molar-refractivity contribution in [1.29, 1.82) is 0 Å². The molecule has 8 aromatic rings. The Bertz CT molecular complexity index is 2400. The van der Waals surface area contributed by atoms with Crippen LogP contribution in [0, 0.1) is 0 Å². The summed E-state index contributed by atoms with van der Waals surface area (Å²) in [4.78, 5) is 0. The summed E-state index contributed by atoms with van der Waals surface area (Å²) in [6, 6.07) is 51.7. The number of hydrogen-bond donors (Lipinski definition) is 0. The first kappa shape index (κ1) is 36.8. The van der Waals surface area contributed by atoms with E-state index in [1.165, 1.54) is 82.1 Å². The second-order valence-electron chi connectivity index (χ2n) is 14.9. The second-order valence-corrected chi connectivity index (χ2v) is 14.9. The highest BCUT2D eigenvalue weighted by atomic mass is 15.5. The number of aryl methyl sites for hydroxylation is 2. The van der Waals surface area contributed by atoms with Crippen LogP contribution in [-0.4, -0.2) is 34.7 Å². The van der Waals surface area contributed by atoms with Gasteiger partial charge >= 0.3 is 0 Å². The number of rotatable bonds is 17. The van der Waals surface area contributed by atoms with Crippen molar-refractivity contribution in [2.45, 2.75) is 51.4 Å². The number of hydrogen-bond acceptors (Lipinski definition) is 4. The van der Waals surface area contributed by atoms with Crippen molar-refractivity contribution in [3.63, 3.8) is 0 Å². The average molecular weight is 737 g/mol. The van der Waals surface area contributed by atoms with Gasteiger partial charge in [-0.1, -0.05) is 123 Å². The molecule has 2 aromatic heterocycles. The standard InChI is InChI=1S/C50H52N6/c1-53-47-27-17-15-25-43(47)45-35-39(29-31-49(45)53)37-51-55(41-21-11-9-12-22-41)33-19-7-5-3-4-6-8-20-34-56(42-23-13-10-14-24-42)52-38-40-30-32-50-46(36-40)44-26-16-18-28-48(44)54(50)2/h9-18,21-32,35-38H,3-8,19-20,33-34H2,1-2H3/b51-37+,52-38+. The predicted molar refractivity (Wildman–Crippen MR) is 241 cm³/mol. The molecule has 282 valence electrons. The molecule has 6 nitrogen and oxygen atoms in total. The lowest BCUT2D eigenvalue weighted by Gasteiger charge is -2.19. The van der Waals surface area contributed by atoms with Gasteiger partial charge in [-0.2, -0.15) is 10.2 Å². The van der Waals surface area contributed by atoms with Crippen LogP contribution in [0.5, 0.6) is 0 Å². The molecule has 0 saturated heterocycles. The van der Waals surface area contributed by atoms with Gasteiger partial charge in [-0.05, 0) is 84.6 Å². The van der Waals surface area contributed by atoms with E-state index in [1.54, 1.807) is 0 Å². The number of unbranched alkanes of at least 4 members (excludes halogenated alkanes) is 7. The van der Waals surface area contributed by atoms with Crippen LogP contribution in [0.3, 0.4) is 0 Å². The Kier molecular flexibility index (Phi) is 11.5. The van der Waals surface area contributed by atoms with Crippen LogP contribution in [0.4, 0.5) is 11.4 Å². The lowest BCUT2D eigenvalue weighted by Crippen LogP contribution is -2.18. The maximum atomic E-state index is 5.00. The number of para-hydroxylation sites is 4. The monoisotopic (exact) mass is 736 g/mol. The van der Waals surface area contributed by atoms with Gasteiger partial charge in [0.2, 0.25) is 0 Å². The van der Waals surface area contributed by atoms with E-state index in [1.807, 2.05) is 12.4 Å². The molecule has 0 unspecified atom stereocenters. The first-order valence-electron chi connectivity index (χ1n) is 20.3. The maximum absolute atomic E-state index is 5.00. The number of nitrogens with zero attached hydrogens (tertiary/aromatic N) is 6. The summed E-state index contributed by atoms with van der Waals surface area (Å²) in [7, 11) is 4.28. The van der Waals surface area contributed by atoms with Crippen molar-refractivity contribution >= 4 is 67.4 Å². The summed E-state index contributed by atoms with van der Waals surface area (Å²) < 4.78 is 4.54. The van der Waals surface area contributed by atoms with Crippen molar-refractivity contribution < 1.29 is 0 Å². The van der Waals surface area contributed by atoms with Gasteiger partial charge in [0.1, 0.15) is 0 Å². The van der Waals surface area contributed by atoms with Gasteiger partial charge in [-0.3, -0.25) is 10.0 Å². The van der Waals surface area contributed by atoms with E-state index in [0.29, 0.717) is 0 Å². The molecule has 0 aliphatic rings. The molecule has 0 aliphatic heterocycles. The minimum Gasteiger partial charge on any atom is -0.344 e. The Balaban J connectivity index is 0.801. The summed E-state index contributed by atoms with van der Waals surface area (Å²) in [5.41, 5.74) is 9.50. The van der Waals surface area contributed by atoms with Crippen LogP contribution in [0.2, 0.25) is 0 Å². The van der Waals surface area contributed by atoms with E-state index in [0.717, 1.165) is 48.4 Å². The third-order valence-corrected chi connectivity index (χ3v) is 11.2. The van der Waals surface area contributed by atoms with Crippen LogP contribution >= 0.6 is 0 Å². The first-order chi connectivity index (χ1) is 27.6. The van der Waals surface area contributed by atoms with Gasteiger partial charge in [-0.25, -0.2) is 0 Å². The van der Waals surface area contributed by atoms with Crippen molar-refractivity contribution in [1.82, 2.24) is 9.13 Å². The predicted octanol–water partition coefficient (Wildman–Crippen LogP) is 12.5. The minimum atomic E-state index is 0.905. The zero-order valence-corrected chi connectivity index (χ0v) is 32.8. The fourth-order valence-corrected chi connectivity index (χ4v) is 8.10. The molecule has 2 heterocycles. The number of fused-ring (bicyclic) bond motifs is 6. The molecule has 6 heteroatoms. The molecule has 0 amide bonds. The largest absolute Gasteiger partial charge is 0.344 e. The molecule has 6 aromatic carbocycles. The third-order valence-electron chi connectivity index (χ3n) is 11.2. The van der Waals surface area contributed by atoms with Gasteiger partial charge in [0.25, 0.3) is 0 Å². The van der Waals surface area contributed by atoms with Crippen LogP contribution in [-0.2, 0) is 14.1 Å². The highest BCUT2D eigenvalue weighted by Crippen LogP contribution is 2.30. The molecule has 8 rings (SSSR count). The fourth-order valence-electron chi connectivity index (χ4n) is 8.10. The Hall–Kier alpha value is -6.14. The van der Waals surface area contributed by atoms with E-state index < -0.39 is 0 Å². The van der Waals surface area contributed by atoms with E-state index in [-0.39, 0.29) is 0 Å². The highest BCUT2D eigenvalue weighted by molar-refractivity contribution is 6.10. The van der Waals surface area contributed by atoms with Gasteiger partial charge in [0, 0.05) is 70.8 Å². The van der Waals surface area contributed by atoms with Crippen molar-refractivity contribution in [2.24, 2.45) is 24.3 Å². The maximum Gasteiger partial charge on any atom is 0.0593 e. The summed E-state index contributed by atoms with van der Waals surface area (Å²) in [6.07, 6.45) is 13.7. The molecule has 0 atom stereocenters. The van der Waals surface area contributed by atoms with Gasteiger partial charge < -0.3 is 9.13 Å². The zero-order valence-electron chi connectivity index (χ0n) is 32.8. The number of benzene rings is 6. The molecular formula is C50H52N6. The van der Waals surface area contributed by atoms with E-state index in [9.17, 15) is 0 Å². The lowest BCUT2D eigenvalue weighted by atomic mass is 10.1. The molecule has 0 radical (unpaired) electrons. The van der Waals surface area contributed by atoms with Crippen LogP contribution in [0.25, 0.3) is 43.6 Å². The molecule has 0 aliphatic carbocycles. The van der Waals surface area contributed by atoms with E-state index >= 15 is 0 Å². The zero-order chi connectivity index (χ0) is 38.1. The van der Waals surface area contributed by atoms with Gasteiger partial charge in [0.15, 0.2) is 0 Å². The molecule has 56 heavy (non-hydrogen) atoms. The molecule has 0 N–H and O–H groups in total. The summed E-state index contributed by atoms with van der Waals surface area (Å²) in [5, 5.41) is 19.4. The summed E-state index contributed by atoms with van der Waals surface area (Å²) >= 11 is 0. The van der Waals surface area contributed by atoms with Crippen molar-refractivity contribution in [3.8, 4) is 0 Å². The Morgan fingerprint density at radius 2 is 0.750 bits per heavy atom.